The second-order valence-electron chi connectivity index (χ2n) is 7.65. The van der Waals surface area contributed by atoms with Gasteiger partial charge in [0.1, 0.15) is 18.2 Å². The molecule has 0 aliphatic carbocycles. The minimum atomic E-state index is -0.746. The Balaban J connectivity index is 2.38. The second-order valence-corrected chi connectivity index (χ2v) is 7.65. The topological polar surface area (TPSA) is 106 Å². The van der Waals surface area contributed by atoms with Crippen LogP contribution < -0.4 is 16.0 Å². The number of benzene rings is 1. The maximum Gasteiger partial charge on any atom is 0.408 e. The molecule has 0 unspecified atom stereocenters. The predicted molar refractivity (Wildman–Crippen MR) is 106 cm³/mol. The fourth-order valence-corrected chi connectivity index (χ4v) is 2.20. The lowest BCUT2D eigenvalue weighted by Crippen LogP contribution is -2.51. The molecule has 1 aromatic rings. The summed E-state index contributed by atoms with van der Waals surface area (Å²) in [6.45, 7) is 9.49. The Labute approximate surface area is 166 Å². The van der Waals surface area contributed by atoms with Crippen LogP contribution in [0.1, 0.15) is 40.2 Å². The van der Waals surface area contributed by atoms with E-state index in [1.807, 2.05) is 44.2 Å². The van der Waals surface area contributed by atoms with Crippen molar-refractivity contribution in [1.29, 1.82) is 0 Å². The number of alkyl carbamates (subject to hydrolysis) is 2. The van der Waals surface area contributed by atoms with Gasteiger partial charge in [0.15, 0.2) is 0 Å². The van der Waals surface area contributed by atoms with Crippen LogP contribution in [0, 0.1) is 5.92 Å². The average Bonchev–Trinajstić information content (AvgIpc) is 2.60. The van der Waals surface area contributed by atoms with E-state index in [0.717, 1.165) is 5.56 Å². The van der Waals surface area contributed by atoms with Crippen LogP contribution in [0.4, 0.5) is 9.59 Å². The predicted octanol–water partition coefficient (Wildman–Crippen LogP) is 2.58. The van der Waals surface area contributed by atoms with Gasteiger partial charge in [-0.2, -0.15) is 0 Å². The van der Waals surface area contributed by atoms with E-state index in [0.29, 0.717) is 0 Å². The third-order valence-corrected chi connectivity index (χ3v) is 3.53. The average molecular weight is 393 g/mol. The Morgan fingerprint density at radius 2 is 1.57 bits per heavy atom. The molecule has 1 aromatic carbocycles. The molecule has 0 saturated heterocycles. The van der Waals surface area contributed by atoms with E-state index < -0.39 is 23.8 Å². The highest BCUT2D eigenvalue weighted by atomic mass is 16.6. The molecular weight excluding hydrogens is 362 g/mol. The van der Waals surface area contributed by atoms with Crippen LogP contribution in [-0.2, 0) is 20.9 Å². The quantitative estimate of drug-likeness (QED) is 0.589. The molecule has 156 valence electrons. The summed E-state index contributed by atoms with van der Waals surface area (Å²) >= 11 is 0. The molecule has 1 atom stereocenters. The zero-order chi connectivity index (χ0) is 21.2. The minimum Gasteiger partial charge on any atom is -0.445 e. The highest BCUT2D eigenvalue weighted by molar-refractivity contribution is 5.85. The van der Waals surface area contributed by atoms with Gasteiger partial charge < -0.3 is 25.4 Å². The maximum absolute atomic E-state index is 12.3. The Bertz CT molecular complexity index is 641. The van der Waals surface area contributed by atoms with Crippen molar-refractivity contribution in [2.45, 2.75) is 52.9 Å². The number of rotatable bonds is 8. The lowest BCUT2D eigenvalue weighted by Gasteiger charge is -2.22. The van der Waals surface area contributed by atoms with Crippen molar-refractivity contribution in [3.8, 4) is 0 Å². The van der Waals surface area contributed by atoms with Crippen molar-refractivity contribution in [2.75, 3.05) is 13.1 Å². The largest absolute Gasteiger partial charge is 0.445 e. The van der Waals surface area contributed by atoms with Gasteiger partial charge in [0, 0.05) is 13.1 Å². The lowest BCUT2D eigenvalue weighted by atomic mass is 10.0. The molecule has 28 heavy (non-hydrogen) atoms. The first-order valence-electron chi connectivity index (χ1n) is 9.30. The van der Waals surface area contributed by atoms with Crippen molar-refractivity contribution in [3.05, 3.63) is 35.9 Å². The Hall–Kier alpha value is -2.77. The SMILES string of the molecule is CC(C)[C@H](NC(=O)OCc1ccccc1)C(=O)NCCNC(=O)OC(C)(C)C. The molecular formula is C20H31N3O5. The lowest BCUT2D eigenvalue weighted by molar-refractivity contribution is -0.124. The van der Waals surface area contributed by atoms with Crippen LogP contribution in [0.5, 0.6) is 0 Å². The van der Waals surface area contributed by atoms with E-state index in [9.17, 15) is 14.4 Å². The molecule has 0 saturated carbocycles. The highest BCUT2D eigenvalue weighted by Gasteiger charge is 2.24. The first-order valence-corrected chi connectivity index (χ1v) is 9.30. The monoisotopic (exact) mass is 393 g/mol. The number of ether oxygens (including phenoxy) is 2. The molecule has 8 nitrogen and oxygen atoms in total. The molecule has 0 radical (unpaired) electrons. The fourth-order valence-electron chi connectivity index (χ4n) is 2.20. The van der Waals surface area contributed by atoms with Crippen molar-refractivity contribution < 1.29 is 23.9 Å². The standard InChI is InChI=1S/C20H31N3O5/c1-14(2)16(23-19(26)27-13-15-9-7-6-8-10-15)17(24)21-11-12-22-18(25)28-20(3,4)5/h6-10,14,16H,11-13H2,1-5H3,(H,21,24)(H,22,25)(H,23,26)/t16-/m0/s1. The summed E-state index contributed by atoms with van der Waals surface area (Å²) in [6, 6.07) is 8.53. The molecule has 0 heterocycles. The van der Waals surface area contributed by atoms with Gasteiger partial charge in [-0.3, -0.25) is 4.79 Å². The van der Waals surface area contributed by atoms with Crippen LogP contribution in [0.3, 0.4) is 0 Å². The van der Waals surface area contributed by atoms with E-state index in [1.165, 1.54) is 0 Å². The van der Waals surface area contributed by atoms with E-state index in [-0.39, 0.29) is 31.5 Å². The molecule has 0 fully saturated rings. The third kappa shape index (κ3) is 9.80. The Morgan fingerprint density at radius 3 is 2.14 bits per heavy atom. The van der Waals surface area contributed by atoms with Gasteiger partial charge in [-0.1, -0.05) is 44.2 Å². The number of hydrogen-bond acceptors (Lipinski definition) is 5. The number of amides is 3. The van der Waals surface area contributed by atoms with Crippen LogP contribution in [0.25, 0.3) is 0 Å². The molecule has 0 aliphatic heterocycles. The van der Waals surface area contributed by atoms with Gasteiger partial charge in [0.05, 0.1) is 0 Å². The molecule has 3 N–H and O–H groups in total. The summed E-state index contributed by atoms with van der Waals surface area (Å²) in [6.07, 6.45) is -1.21. The Morgan fingerprint density at radius 1 is 0.964 bits per heavy atom. The van der Waals surface area contributed by atoms with Gasteiger partial charge in [0.2, 0.25) is 5.91 Å². The van der Waals surface area contributed by atoms with Crippen molar-refractivity contribution in [1.82, 2.24) is 16.0 Å². The summed E-state index contributed by atoms with van der Waals surface area (Å²) in [5.41, 5.74) is 0.275. The van der Waals surface area contributed by atoms with Crippen LogP contribution >= 0.6 is 0 Å². The van der Waals surface area contributed by atoms with Crippen molar-refractivity contribution >= 4 is 18.1 Å². The molecule has 0 spiro atoms. The molecule has 0 aromatic heterocycles. The van der Waals surface area contributed by atoms with Crippen molar-refractivity contribution in [3.63, 3.8) is 0 Å². The van der Waals surface area contributed by atoms with Crippen LogP contribution in [-0.4, -0.2) is 42.8 Å². The summed E-state index contributed by atoms with van der Waals surface area (Å²) < 4.78 is 10.3. The van der Waals surface area contributed by atoms with Crippen LogP contribution in [0.15, 0.2) is 30.3 Å². The summed E-state index contributed by atoms with van der Waals surface area (Å²) in [7, 11) is 0. The van der Waals surface area contributed by atoms with E-state index in [1.54, 1.807) is 20.8 Å². The summed E-state index contributed by atoms with van der Waals surface area (Å²) in [5.74, 6) is -0.485. The van der Waals surface area contributed by atoms with Gasteiger partial charge in [0.25, 0.3) is 0 Å². The fraction of sp³-hybridized carbons (Fsp3) is 0.550. The summed E-state index contributed by atoms with van der Waals surface area (Å²) in [4.78, 5) is 35.9. The number of hydrogen-bond donors (Lipinski definition) is 3. The van der Waals surface area contributed by atoms with Gasteiger partial charge in [-0.25, -0.2) is 9.59 Å². The number of carbonyl (C=O) groups is 3. The minimum absolute atomic E-state index is 0.124. The molecule has 0 aliphatic rings. The highest BCUT2D eigenvalue weighted by Crippen LogP contribution is 2.06. The molecule has 8 heteroatoms. The third-order valence-electron chi connectivity index (χ3n) is 3.53. The molecule has 0 bridgehead atoms. The van der Waals surface area contributed by atoms with Gasteiger partial charge in [-0.15, -0.1) is 0 Å². The summed E-state index contributed by atoms with van der Waals surface area (Å²) in [5, 5.41) is 7.82. The maximum atomic E-state index is 12.3. The van der Waals surface area contributed by atoms with Crippen LogP contribution in [0.2, 0.25) is 0 Å². The number of nitrogens with one attached hydrogen (secondary N) is 3. The van der Waals surface area contributed by atoms with E-state index in [2.05, 4.69) is 16.0 Å². The van der Waals surface area contributed by atoms with Crippen molar-refractivity contribution in [2.24, 2.45) is 5.92 Å². The zero-order valence-corrected chi connectivity index (χ0v) is 17.2. The molecule has 1 rings (SSSR count). The van der Waals surface area contributed by atoms with Gasteiger partial charge >= 0.3 is 12.2 Å². The first-order chi connectivity index (χ1) is 13.1. The number of carbonyl (C=O) groups excluding carboxylic acids is 3. The Kier molecular flexibility index (Phi) is 9.27. The zero-order valence-electron chi connectivity index (χ0n) is 17.2. The molecule has 3 amide bonds. The smallest absolute Gasteiger partial charge is 0.408 e. The first kappa shape index (κ1) is 23.3. The van der Waals surface area contributed by atoms with Gasteiger partial charge in [-0.05, 0) is 32.3 Å². The normalized spacial score (nSPS) is 12.1. The van der Waals surface area contributed by atoms with E-state index >= 15 is 0 Å². The second kappa shape index (κ2) is 11.2. The van der Waals surface area contributed by atoms with E-state index in [4.69, 9.17) is 9.47 Å².